The minimum absolute atomic E-state index is 0.321. The van der Waals surface area contributed by atoms with Crippen molar-refractivity contribution in [3.05, 3.63) is 54.0 Å². The normalized spacial score (nSPS) is 15.6. The van der Waals surface area contributed by atoms with Crippen molar-refractivity contribution in [1.82, 2.24) is 9.71 Å². The van der Waals surface area contributed by atoms with Crippen LogP contribution in [-0.4, -0.2) is 27.4 Å². The van der Waals surface area contributed by atoms with Crippen molar-refractivity contribution in [3.63, 3.8) is 0 Å². The predicted molar refractivity (Wildman–Crippen MR) is 102 cm³/mol. The molecule has 5 nitrogen and oxygen atoms in total. The molecule has 1 aliphatic rings. The molecule has 1 heterocycles. The maximum atomic E-state index is 13.0. The first-order valence-corrected chi connectivity index (χ1v) is 10.1. The molecule has 1 aromatic carbocycles. The van der Waals surface area contributed by atoms with Gasteiger partial charge in [0.05, 0.1) is 22.2 Å². The van der Waals surface area contributed by atoms with Gasteiger partial charge in [-0.1, -0.05) is 31.4 Å². The number of nitrogens with two attached hydrogens (primary N) is 1. The van der Waals surface area contributed by atoms with Gasteiger partial charge in [-0.05, 0) is 37.1 Å². The van der Waals surface area contributed by atoms with Gasteiger partial charge in [0.15, 0.2) is 0 Å². The monoisotopic (exact) mass is 377 g/mol. The van der Waals surface area contributed by atoms with E-state index in [0.717, 1.165) is 0 Å². The number of carbonyl (C=O) groups is 1. The smallest absolute Gasteiger partial charge is 0.250 e. The fourth-order valence-electron chi connectivity index (χ4n) is 2.81. The van der Waals surface area contributed by atoms with E-state index in [1.807, 2.05) is 0 Å². The summed E-state index contributed by atoms with van der Waals surface area (Å²) in [6.07, 6.45) is 9.45. The fourth-order valence-corrected chi connectivity index (χ4v) is 3.52. The van der Waals surface area contributed by atoms with Gasteiger partial charge in [0, 0.05) is 24.1 Å². The molecule has 0 radical (unpaired) electrons. The lowest BCUT2D eigenvalue weighted by Gasteiger charge is -2.20. The predicted octanol–water partition coefficient (Wildman–Crippen LogP) is 3.19. The van der Waals surface area contributed by atoms with Gasteiger partial charge in [-0.3, -0.25) is 9.78 Å². The molecule has 0 spiro atoms. The number of pyridine rings is 1. The van der Waals surface area contributed by atoms with Gasteiger partial charge in [0.2, 0.25) is 5.91 Å². The SMILES string of the molecule is CS(=O)NC1CCCCC1.NC(=O)c1ccc(-c2cccc(F)c2)nc1. The molecule has 1 amide bonds. The highest BCUT2D eigenvalue weighted by Gasteiger charge is 2.12. The molecule has 2 aromatic rings. The molecule has 1 aromatic heterocycles. The maximum Gasteiger partial charge on any atom is 0.250 e. The van der Waals surface area contributed by atoms with Crippen LogP contribution in [0, 0.1) is 5.82 Å². The molecular weight excluding hydrogens is 353 g/mol. The zero-order chi connectivity index (χ0) is 18.9. The van der Waals surface area contributed by atoms with Crippen molar-refractivity contribution in [2.24, 2.45) is 5.73 Å². The number of carbonyl (C=O) groups excluding carboxylic acids is 1. The largest absolute Gasteiger partial charge is 0.366 e. The average Bonchev–Trinajstić information content (AvgIpc) is 2.63. The van der Waals surface area contributed by atoms with Gasteiger partial charge in [-0.25, -0.2) is 13.3 Å². The lowest BCUT2D eigenvalue weighted by atomic mass is 9.96. The molecule has 26 heavy (non-hydrogen) atoms. The third-order valence-electron chi connectivity index (χ3n) is 4.11. The summed E-state index contributed by atoms with van der Waals surface area (Å²) in [5, 5.41) is 0. The Bertz CT molecular complexity index is 747. The Morgan fingerprint density at radius 2 is 1.96 bits per heavy atom. The molecule has 1 unspecified atom stereocenters. The van der Waals surface area contributed by atoms with Crippen LogP contribution >= 0.6 is 0 Å². The quantitative estimate of drug-likeness (QED) is 0.858. The van der Waals surface area contributed by atoms with Crippen LogP contribution < -0.4 is 10.5 Å². The third kappa shape index (κ3) is 6.65. The van der Waals surface area contributed by atoms with Gasteiger partial charge < -0.3 is 5.73 Å². The second kappa shape index (κ2) is 10.1. The molecule has 7 heteroatoms. The molecule has 1 fully saturated rings. The number of aromatic nitrogens is 1. The molecule has 3 N–H and O–H groups in total. The van der Waals surface area contributed by atoms with Crippen molar-refractivity contribution in [1.29, 1.82) is 0 Å². The van der Waals surface area contributed by atoms with Gasteiger partial charge in [0.25, 0.3) is 0 Å². The Kier molecular flexibility index (Phi) is 7.87. The molecular formula is C19H24FN3O2S. The van der Waals surface area contributed by atoms with Gasteiger partial charge in [0.1, 0.15) is 5.82 Å². The highest BCUT2D eigenvalue weighted by Crippen LogP contribution is 2.18. The van der Waals surface area contributed by atoms with Crippen molar-refractivity contribution in [2.45, 2.75) is 38.1 Å². The van der Waals surface area contributed by atoms with E-state index in [1.165, 1.54) is 50.4 Å². The first kappa shape index (κ1) is 20.2. The van der Waals surface area contributed by atoms with Crippen LogP contribution in [0.15, 0.2) is 42.6 Å². The molecule has 1 saturated carbocycles. The van der Waals surface area contributed by atoms with E-state index in [1.54, 1.807) is 30.5 Å². The minimum atomic E-state index is -0.813. The summed E-state index contributed by atoms with van der Waals surface area (Å²) in [5.74, 6) is -0.850. The van der Waals surface area contributed by atoms with Gasteiger partial charge >= 0.3 is 0 Å². The summed E-state index contributed by atoms with van der Waals surface area (Å²) < 4.78 is 26.7. The van der Waals surface area contributed by atoms with E-state index in [-0.39, 0.29) is 5.82 Å². The summed E-state index contributed by atoms with van der Waals surface area (Å²) in [7, 11) is -0.813. The van der Waals surface area contributed by atoms with E-state index < -0.39 is 16.9 Å². The van der Waals surface area contributed by atoms with Crippen molar-refractivity contribution < 1.29 is 13.4 Å². The number of nitrogens with zero attached hydrogens (tertiary/aromatic N) is 1. The fraction of sp³-hybridized carbons (Fsp3) is 0.368. The zero-order valence-electron chi connectivity index (χ0n) is 14.8. The van der Waals surface area contributed by atoms with Crippen LogP contribution in [0.25, 0.3) is 11.3 Å². The number of benzene rings is 1. The Balaban J connectivity index is 0.000000209. The molecule has 1 atom stereocenters. The zero-order valence-corrected chi connectivity index (χ0v) is 15.6. The van der Waals surface area contributed by atoms with Gasteiger partial charge in [-0.15, -0.1) is 0 Å². The summed E-state index contributed by atoms with van der Waals surface area (Å²) in [5.41, 5.74) is 6.69. The van der Waals surface area contributed by atoms with E-state index in [9.17, 15) is 13.4 Å². The number of hydrogen-bond acceptors (Lipinski definition) is 3. The van der Waals surface area contributed by atoms with Crippen LogP contribution in [0.4, 0.5) is 4.39 Å². The maximum absolute atomic E-state index is 13.0. The minimum Gasteiger partial charge on any atom is -0.366 e. The van der Waals surface area contributed by atoms with Crippen molar-refractivity contribution >= 4 is 16.9 Å². The molecule has 3 rings (SSSR count). The first-order valence-electron chi connectivity index (χ1n) is 8.57. The summed E-state index contributed by atoms with van der Waals surface area (Å²) in [6, 6.07) is 9.82. The topological polar surface area (TPSA) is 85.1 Å². The second-order valence-electron chi connectivity index (χ2n) is 6.21. The Morgan fingerprint density at radius 3 is 2.50 bits per heavy atom. The lowest BCUT2D eigenvalue weighted by molar-refractivity contribution is 0.1000. The van der Waals surface area contributed by atoms with Crippen molar-refractivity contribution in [3.8, 4) is 11.3 Å². The van der Waals surface area contributed by atoms with Crippen LogP contribution in [0.1, 0.15) is 42.5 Å². The second-order valence-corrected chi connectivity index (χ2v) is 7.36. The highest BCUT2D eigenvalue weighted by atomic mass is 32.2. The van der Waals surface area contributed by atoms with Crippen LogP contribution in [0.3, 0.4) is 0 Å². The van der Waals surface area contributed by atoms with E-state index in [4.69, 9.17) is 5.73 Å². The summed E-state index contributed by atoms with van der Waals surface area (Å²) in [4.78, 5) is 14.9. The van der Waals surface area contributed by atoms with Crippen LogP contribution in [0.2, 0.25) is 0 Å². The molecule has 0 saturated heterocycles. The summed E-state index contributed by atoms with van der Waals surface area (Å²) >= 11 is 0. The number of hydrogen-bond donors (Lipinski definition) is 2. The number of rotatable bonds is 4. The lowest BCUT2D eigenvalue weighted by Crippen LogP contribution is -2.31. The number of primary amides is 1. The molecule has 0 aliphatic heterocycles. The Morgan fingerprint density at radius 1 is 1.23 bits per heavy atom. The van der Waals surface area contributed by atoms with E-state index in [0.29, 0.717) is 22.9 Å². The Hall–Kier alpha value is -2.12. The van der Waals surface area contributed by atoms with Crippen LogP contribution in [-0.2, 0) is 11.0 Å². The number of amides is 1. The highest BCUT2D eigenvalue weighted by molar-refractivity contribution is 7.82. The van der Waals surface area contributed by atoms with Crippen LogP contribution in [0.5, 0.6) is 0 Å². The number of nitrogens with one attached hydrogen (secondary N) is 1. The number of halogens is 1. The summed E-state index contributed by atoms with van der Waals surface area (Å²) in [6.45, 7) is 0. The molecule has 1 aliphatic carbocycles. The average molecular weight is 377 g/mol. The molecule has 140 valence electrons. The van der Waals surface area contributed by atoms with Crippen molar-refractivity contribution in [2.75, 3.05) is 6.26 Å². The first-order chi connectivity index (χ1) is 12.5. The van der Waals surface area contributed by atoms with E-state index >= 15 is 0 Å². The molecule has 0 bridgehead atoms. The van der Waals surface area contributed by atoms with E-state index in [2.05, 4.69) is 9.71 Å². The third-order valence-corrected chi connectivity index (χ3v) is 4.77. The van der Waals surface area contributed by atoms with Gasteiger partial charge in [-0.2, -0.15) is 0 Å². The standard InChI is InChI=1S/C12H9FN2O.C7H15NOS/c13-10-3-1-2-8(6-10)11-5-4-9(7-15-11)12(14)16;1-10(9)8-7-5-3-2-4-6-7/h1-7H,(H2,14,16);7-8H,2-6H2,1H3. The Labute approximate surface area is 155 Å².